The molecule has 0 aliphatic carbocycles. The summed E-state index contributed by atoms with van der Waals surface area (Å²) in [7, 11) is -0.0992. The minimum absolute atomic E-state index is 0.124. The van der Waals surface area contributed by atoms with Crippen molar-refractivity contribution in [3.63, 3.8) is 0 Å². The third-order valence-corrected chi connectivity index (χ3v) is 5.47. The first-order valence-electron chi connectivity index (χ1n) is 7.44. The number of hydrogen-bond donors (Lipinski definition) is 2. The zero-order chi connectivity index (χ0) is 18.6. The summed E-state index contributed by atoms with van der Waals surface area (Å²) in [5.41, 5.74) is -0.0625. The summed E-state index contributed by atoms with van der Waals surface area (Å²) in [4.78, 5) is 13.5. The van der Waals surface area contributed by atoms with Crippen molar-refractivity contribution in [2.45, 2.75) is 17.4 Å². The number of nitro groups is 1. The zero-order valence-corrected chi connectivity index (χ0v) is 15.5. The van der Waals surface area contributed by atoms with E-state index in [1.54, 1.807) is 11.3 Å². The molecule has 1 heterocycles. The van der Waals surface area contributed by atoms with Gasteiger partial charge in [-0.15, -0.1) is 11.3 Å². The molecule has 0 radical (unpaired) electrons. The lowest BCUT2D eigenvalue weighted by Gasteiger charge is -2.21. The Morgan fingerprint density at radius 3 is 2.60 bits per heavy atom. The Bertz CT molecular complexity index is 835. The molecule has 0 saturated heterocycles. The highest BCUT2D eigenvalue weighted by Crippen LogP contribution is 2.33. The SMILES string of the molecule is CN(C)CC[C@H](Nc1ccc(S(N)(=O)=O)cc1[N+](=O)[O-])c1cccs1. The van der Waals surface area contributed by atoms with Crippen molar-refractivity contribution in [3.8, 4) is 0 Å². The number of hydrogen-bond acceptors (Lipinski definition) is 7. The molecule has 8 nitrogen and oxygen atoms in total. The van der Waals surface area contributed by atoms with Gasteiger partial charge in [0.2, 0.25) is 10.0 Å². The fourth-order valence-corrected chi connectivity index (χ4v) is 3.66. The number of primary sulfonamides is 1. The molecular formula is C15H20N4O4S2. The van der Waals surface area contributed by atoms with Crippen LogP contribution in [0.25, 0.3) is 0 Å². The van der Waals surface area contributed by atoms with Crippen LogP contribution in [0, 0.1) is 10.1 Å². The van der Waals surface area contributed by atoms with E-state index >= 15 is 0 Å². The Labute approximate surface area is 150 Å². The Balaban J connectivity index is 2.36. The maximum atomic E-state index is 11.4. The molecule has 0 amide bonds. The van der Waals surface area contributed by atoms with Gasteiger partial charge in [0.1, 0.15) is 5.69 Å². The van der Waals surface area contributed by atoms with Crippen LogP contribution >= 0.6 is 11.3 Å². The molecule has 0 unspecified atom stereocenters. The van der Waals surface area contributed by atoms with E-state index < -0.39 is 14.9 Å². The molecule has 136 valence electrons. The van der Waals surface area contributed by atoms with E-state index in [-0.39, 0.29) is 22.3 Å². The summed E-state index contributed by atoms with van der Waals surface area (Å²) in [6.07, 6.45) is 0.738. The number of nitrogens with zero attached hydrogens (tertiary/aromatic N) is 2. The van der Waals surface area contributed by atoms with Gasteiger partial charge < -0.3 is 10.2 Å². The molecule has 2 aromatic rings. The van der Waals surface area contributed by atoms with E-state index in [1.165, 1.54) is 12.1 Å². The van der Waals surface area contributed by atoms with Crippen LogP contribution in [0.2, 0.25) is 0 Å². The van der Waals surface area contributed by atoms with Gasteiger partial charge in [0.05, 0.1) is 15.9 Å². The normalized spacial score (nSPS) is 13.0. The lowest BCUT2D eigenvalue weighted by atomic mass is 10.1. The highest BCUT2D eigenvalue weighted by molar-refractivity contribution is 7.89. The van der Waals surface area contributed by atoms with Crippen LogP contribution in [0.4, 0.5) is 11.4 Å². The van der Waals surface area contributed by atoms with Crippen LogP contribution < -0.4 is 10.5 Å². The summed E-state index contributed by atoms with van der Waals surface area (Å²) in [5.74, 6) is 0. The van der Waals surface area contributed by atoms with Crippen LogP contribution in [0.3, 0.4) is 0 Å². The Morgan fingerprint density at radius 2 is 2.08 bits per heavy atom. The van der Waals surface area contributed by atoms with Gasteiger partial charge in [-0.2, -0.15) is 0 Å². The van der Waals surface area contributed by atoms with Gasteiger partial charge >= 0.3 is 0 Å². The van der Waals surface area contributed by atoms with E-state index in [0.717, 1.165) is 23.9 Å². The topological polar surface area (TPSA) is 119 Å². The predicted octanol–water partition coefficient (Wildman–Crippen LogP) is 2.41. The zero-order valence-electron chi connectivity index (χ0n) is 13.9. The first kappa shape index (κ1) is 19.3. The number of rotatable bonds is 8. The molecule has 10 heteroatoms. The van der Waals surface area contributed by atoms with Crippen molar-refractivity contribution in [3.05, 3.63) is 50.7 Å². The lowest BCUT2D eigenvalue weighted by molar-refractivity contribution is -0.384. The molecule has 1 aromatic heterocycles. The maximum absolute atomic E-state index is 11.4. The van der Waals surface area contributed by atoms with Crippen molar-refractivity contribution < 1.29 is 13.3 Å². The number of nitrogens with one attached hydrogen (secondary N) is 1. The molecule has 0 bridgehead atoms. The van der Waals surface area contributed by atoms with Gasteiger partial charge in [-0.1, -0.05) is 6.07 Å². The second kappa shape index (κ2) is 7.91. The third-order valence-electron chi connectivity index (χ3n) is 3.58. The van der Waals surface area contributed by atoms with E-state index in [0.29, 0.717) is 0 Å². The Morgan fingerprint density at radius 1 is 1.36 bits per heavy atom. The molecule has 0 spiro atoms. The molecule has 0 saturated carbocycles. The molecule has 1 aromatic carbocycles. The van der Waals surface area contributed by atoms with Gasteiger partial charge in [-0.25, -0.2) is 13.6 Å². The molecule has 0 aliphatic heterocycles. The van der Waals surface area contributed by atoms with Crippen LogP contribution in [-0.4, -0.2) is 38.9 Å². The standard InChI is InChI=1S/C15H20N4O4S2/c1-18(2)8-7-13(15-4-3-9-24-15)17-12-6-5-11(25(16,22)23)10-14(12)19(20)21/h3-6,9-10,13,17H,7-8H2,1-2H3,(H2,16,22,23)/t13-/m0/s1. The van der Waals surface area contributed by atoms with E-state index in [9.17, 15) is 18.5 Å². The van der Waals surface area contributed by atoms with Gasteiger partial charge in [0.15, 0.2) is 0 Å². The first-order chi connectivity index (χ1) is 11.7. The van der Waals surface area contributed by atoms with Gasteiger partial charge in [0, 0.05) is 10.9 Å². The Kier molecular flexibility index (Phi) is 6.11. The van der Waals surface area contributed by atoms with Gasteiger partial charge in [-0.3, -0.25) is 10.1 Å². The highest BCUT2D eigenvalue weighted by Gasteiger charge is 2.22. The van der Waals surface area contributed by atoms with Gasteiger partial charge in [0.25, 0.3) is 5.69 Å². The summed E-state index contributed by atoms with van der Waals surface area (Å²) < 4.78 is 22.9. The van der Waals surface area contributed by atoms with E-state index in [4.69, 9.17) is 5.14 Å². The van der Waals surface area contributed by atoms with Crippen molar-refractivity contribution in [2.75, 3.05) is 26.0 Å². The second-order valence-electron chi connectivity index (χ2n) is 5.79. The minimum atomic E-state index is -4.01. The average Bonchev–Trinajstić information content (AvgIpc) is 3.04. The summed E-state index contributed by atoms with van der Waals surface area (Å²) in [5, 5.41) is 21.5. The van der Waals surface area contributed by atoms with Crippen LogP contribution in [0.15, 0.2) is 40.6 Å². The fraction of sp³-hybridized carbons (Fsp3) is 0.333. The van der Waals surface area contributed by atoms with E-state index in [2.05, 4.69) is 5.32 Å². The minimum Gasteiger partial charge on any atom is -0.372 e. The maximum Gasteiger partial charge on any atom is 0.293 e. The monoisotopic (exact) mass is 384 g/mol. The molecule has 0 fully saturated rings. The summed E-state index contributed by atoms with van der Waals surface area (Å²) >= 11 is 1.56. The van der Waals surface area contributed by atoms with Crippen LogP contribution in [0.5, 0.6) is 0 Å². The first-order valence-corrected chi connectivity index (χ1v) is 9.87. The second-order valence-corrected chi connectivity index (χ2v) is 8.33. The Hall–Kier alpha value is -2.01. The largest absolute Gasteiger partial charge is 0.372 e. The predicted molar refractivity (Wildman–Crippen MR) is 98.3 cm³/mol. The van der Waals surface area contributed by atoms with Crippen molar-refractivity contribution in [1.29, 1.82) is 0 Å². The highest BCUT2D eigenvalue weighted by atomic mass is 32.2. The number of nitro benzene ring substituents is 1. The summed E-state index contributed by atoms with van der Waals surface area (Å²) in [6, 6.07) is 7.39. The summed E-state index contributed by atoms with van der Waals surface area (Å²) in [6.45, 7) is 0.790. The van der Waals surface area contributed by atoms with Crippen LogP contribution in [-0.2, 0) is 10.0 Å². The van der Waals surface area contributed by atoms with E-state index in [1.807, 2.05) is 36.5 Å². The fourth-order valence-electron chi connectivity index (χ4n) is 2.31. The molecule has 25 heavy (non-hydrogen) atoms. The number of benzene rings is 1. The molecule has 2 rings (SSSR count). The number of anilines is 1. The average molecular weight is 384 g/mol. The quantitative estimate of drug-likeness (QED) is 0.533. The molecule has 1 atom stereocenters. The molecule has 0 aliphatic rings. The number of nitrogens with two attached hydrogens (primary N) is 1. The molecular weight excluding hydrogens is 364 g/mol. The van der Waals surface area contributed by atoms with Crippen LogP contribution in [0.1, 0.15) is 17.3 Å². The van der Waals surface area contributed by atoms with Crippen molar-refractivity contribution >= 4 is 32.7 Å². The molecule has 3 N–H and O–H groups in total. The lowest BCUT2D eigenvalue weighted by Crippen LogP contribution is -2.20. The number of thiophene rings is 1. The smallest absolute Gasteiger partial charge is 0.293 e. The third kappa shape index (κ3) is 5.23. The van der Waals surface area contributed by atoms with Gasteiger partial charge in [-0.05, 0) is 50.6 Å². The van der Waals surface area contributed by atoms with Crippen molar-refractivity contribution in [1.82, 2.24) is 4.90 Å². The van der Waals surface area contributed by atoms with Crippen molar-refractivity contribution in [2.24, 2.45) is 5.14 Å². The number of sulfonamides is 1.